The molecule has 1 aliphatic rings. The first-order chi connectivity index (χ1) is 10.2. The summed E-state index contributed by atoms with van der Waals surface area (Å²) in [6.45, 7) is 0.691. The van der Waals surface area contributed by atoms with Gasteiger partial charge >= 0.3 is 5.97 Å². The molecule has 2 aromatic heterocycles. The summed E-state index contributed by atoms with van der Waals surface area (Å²) in [6.07, 6.45) is 6.25. The Labute approximate surface area is 121 Å². The highest BCUT2D eigenvalue weighted by atomic mass is 16.5. The summed E-state index contributed by atoms with van der Waals surface area (Å²) in [7, 11) is 0. The van der Waals surface area contributed by atoms with Gasteiger partial charge in [0.2, 0.25) is 0 Å². The Morgan fingerprint density at radius 1 is 1.33 bits per heavy atom. The first-order valence-corrected chi connectivity index (χ1v) is 6.62. The van der Waals surface area contributed by atoms with Crippen LogP contribution in [-0.4, -0.2) is 32.6 Å². The number of carboxylic acids is 1. The summed E-state index contributed by atoms with van der Waals surface area (Å²) >= 11 is 0. The van der Waals surface area contributed by atoms with Crippen LogP contribution in [0.4, 0.5) is 11.4 Å². The predicted molar refractivity (Wildman–Crippen MR) is 74.4 cm³/mol. The van der Waals surface area contributed by atoms with Gasteiger partial charge in [0, 0.05) is 6.61 Å². The molecule has 0 bridgehead atoms. The number of anilines is 2. The average Bonchev–Trinajstić information content (AvgIpc) is 3.03. The van der Waals surface area contributed by atoms with E-state index in [9.17, 15) is 9.90 Å². The molecule has 7 heteroatoms. The smallest absolute Gasteiger partial charge is 0.356 e. The second kappa shape index (κ2) is 5.84. The number of ether oxygens (including phenoxy) is 1. The number of pyridine rings is 1. The molecule has 7 nitrogen and oxygen atoms in total. The van der Waals surface area contributed by atoms with Gasteiger partial charge in [-0.15, -0.1) is 0 Å². The molecule has 3 heterocycles. The van der Waals surface area contributed by atoms with Crippen molar-refractivity contribution in [2.75, 3.05) is 11.9 Å². The van der Waals surface area contributed by atoms with Crippen LogP contribution in [-0.2, 0) is 4.74 Å². The van der Waals surface area contributed by atoms with Gasteiger partial charge in [0.1, 0.15) is 6.33 Å². The Balaban J connectivity index is 1.91. The van der Waals surface area contributed by atoms with Crippen LogP contribution in [0.15, 0.2) is 30.9 Å². The van der Waals surface area contributed by atoms with Crippen LogP contribution in [0.3, 0.4) is 0 Å². The maximum absolute atomic E-state index is 11.4. The maximum atomic E-state index is 11.4. The third-order valence-corrected chi connectivity index (χ3v) is 3.22. The predicted octanol–water partition coefficient (Wildman–Crippen LogP) is 2.16. The highest BCUT2D eigenvalue weighted by Crippen LogP contribution is 2.29. The van der Waals surface area contributed by atoms with Gasteiger partial charge in [0.05, 0.1) is 35.6 Å². The van der Waals surface area contributed by atoms with Crippen molar-refractivity contribution in [3.63, 3.8) is 0 Å². The van der Waals surface area contributed by atoms with E-state index in [-0.39, 0.29) is 11.8 Å². The second-order valence-corrected chi connectivity index (χ2v) is 4.69. The molecule has 0 radical (unpaired) electrons. The SMILES string of the molecule is O=C(O)c1nc(C2CCCO2)ccc1Nc1cncnc1. The van der Waals surface area contributed by atoms with Crippen molar-refractivity contribution in [2.24, 2.45) is 0 Å². The number of aromatic nitrogens is 3. The summed E-state index contributed by atoms with van der Waals surface area (Å²) in [5.41, 5.74) is 1.62. The molecular weight excluding hydrogens is 272 g/mol. The van der Waals surface area contributed by atoms with Crippen LogP contribution < -0.4 is 5.32 Å². The fraction of sp³-hybridized carbons (Fsp3) is 0.286. The Morgan fingerprint density at radius 2 is 2.14 bits per heavy atom. The molecule has 0 aromatic carbocycles. The number of nitrogens with zero attached hydrogens (tertiary/aromatic N) is 3. The van der Waals surface area contributed by atoms with Crippen LogP contribution in [0.1, 0.15) is 35.1 Å². The number of aromatic carboxylic acids is 1. The van der Waals surface area contributed by atoms with Crippen LogP contribution in [0, 0.1) is 0 Å². The van der Waals surface area contributed by atoms with E-state index in [1.165, 1.54) is 6.33 Å². The minimum Gasteiger partial charge on any atom is -0.476 e. The van der Waals surface area contributed by atoms with Crippen molar-refractivity contribution in [3.8, 4) is 0 Å². The number of carboxylic acid groups (broad SMARTS) is 1. The molecule has 1 atom stereocenters. The van der Waals surface area contributed by atoms with E-state index in [2.05, 4.69) is 20.3 Å². The molecule has 0 amide bonds. The van der Waals surface area contributed by atoms with Crippen LogP contribution >= 0.6 is 0 Å². The summed E-state index contributed by atoms with van der Waals surface area (Å²) in [6, 6.07) is 3.48. The normalized spacial score (nSPS) is 17.6. The van der Waals surface area contributed by atoms with Gasteiger partial charge in [-0.2, -0.15) is 0 Å². The van der Waals surface area contributed by atoms with Gasteiger partial charge in [-0.1, -0.05) is 0 Å². The van der Waals surface area contributed by atoms with E-state index < -0.39 is 5.97 Å². The minimum atomic E-state index is -1.09. The van der Waals surface area contributed by atoms with Crippen molar-refractivity contribution in [2.45, 2.75) is 18.9 Å². The Morgan fingerprint density at radius 3 is 2.81 bits per heavy atom. The van der Waals surface area contributed by atoms with E-state index >= 15 is 0 Å². The van der Waals surface area contributed by atoms with Gasteiger partial charge < -0.3 is 15.2 Å². The van der Waals surface area contributed by atoms with Crippen molar-refractivity contribution < 1.29 is 14.6 Å². The monoisotopic (exact) mass is 286 g/mol. The second-order valence-electron chi connectivity index (χ2n) is 4.69. The molecule has 2 N–H and O–H groups in total. The molecule has 0 aliphatic carbocycles. The number of hydrogen-bond donors (Lipinski definition) is 2. The average molecular weight is 286 g/mol. The standard InChI is InChI=1S/C14H14N4O3/c19-14(20)13-11(17-9-6-15-8-16-7-9)4-3-10(18-13)12-2-1-5-21-12/h3-4,6-8,12,17H,1-2,5H2,(H,19,20). The van der Waals surface area contributed by atoms with E-state index in [0.29, 0.717) is 23.7 Å². The van der Waals surface area contributed by atoms with Gasteiger partial charge in [0.15, 0.2) is 5.69 Å². The van der Waals surface area contributed by atoms with Gasteiger partial charge in [-0.25, -0.2) is 19.7 Å². The Hall–Kier alpha value is -2.54. The first-order valence-electron chi connectivity index (χ1n) is 6.62. The van der Waals surface area contributed by atoms with Crippen molar-refractivity contribution in [1.29, 1.82) is 0 Å². The topological polar surface area (TPSA) is 97.2 Å². The van der Waals surface area contributed by atoms with E-state index in [0.717, 1.165) is 12.8 Å². The van der Waals surface area contributed by atoms with Crippen molar-refractivity contribution >= 4 is 17.3 Å². The zero-order valence-electron chi connectivity index (χ0n) is 11.2. The van der Waals surface area contributed by atoms with Crippen molar-refractivity contribution in [1.82, 2.24) is 15.0 Å². The lowest BCUT2D eigenvalue weighted by Gasteiger charge is -2.13. The first kappa shape index (κ1) is 13.4. The molecule has 0 spiro atoms. The summed E-state index contributed by atoms with van der Waals surface area (Å²) in [4.78, 5) is 23.4. The highest BCUT2D eigenvalue weighted by Gasteiger charge is 2.22. The molecule has 1 fully saturated rings. The lowest BCUT2D eigenvalue weighted by Crippen LogP contribution is -2.10. The third kappa shape index (κ3) is 2.97. The number of rotatable bonds is 4. The molecule has 1 unspecified atom stereocenters. The minimum absolute atomic E-state index is 0.0353. The van der Waals surface area contributed by atoms with E-state index in [4.69, 9.17) is 4.74 Å². The fourth-order valence-corrected chi connectivity index (χ4v) is 2.25. The van der Waals surface area contributed by atoms with Crippen molar-refractivity contribution in [3.05, 3.63) is 42.2 Å². The third-order valence-electron chi connectivity index (χ3n) is 3.22. The highest BCUT2D eigenvalue weighted by molar-refractivity contribution is 5.93. The summed E-state index contributed by atoms with van der Waals surface area (Å²) in [5.74, 6) is -1.09. The lowest BCUT2D eigenvalue weighted by molar-refractivity contribution is 0.0689. The fourth-order valence-electron chi connectivity index (χ4n) is 2.25. The maximum Gasteiger partial charge on any atom is 0.356 e. The lowest BCUT2D eigenvalue weighted by atomic mass is 10.1. The van der Waals surface area contributed by atoms with Gasteiger partial charge in [0.25, 0.3) is 0 Å². The summed E-state index contributed by atoms with van der Waals surface area (Å²) in [5, 5.41) is 12.3. The Bertz CT molecular complexity index is 642. The molecule has 21 heavy (non-hydrogen) atoms. The molecule has 1 saturated heterocycles. The Kier molecular flexibility index (Phi) is 3.74. The zero-order chi connectivity index (χ0) is 14.7. The van der Waals surface area contributed by atoms with Crippen LogP contribution in [0.5, 0.6) is 0 Å². The van der Waals surface area contributed by atoms with E-state index in [1.807, 2.05) is 0 Å². The molecule has 1 aliphatic heterocycles. The number of carbonyl (C=O) groups is 1. The summed E-state index contributed by atoms with van der Waals surface area (Å²) < 4.78 is 5.54. The molecular formula is C14H14N4O3. The molecule has 3 rings (SSSR count). The largest absolute Gasteiger partial charge is 0.476 e. The van der Waals surface area contributed by atoms with Gasteiger partial charge in [-0.05, 0) is 25.0 Å². The van der Waals surface area contributed by atoms with E-state index in [1.54, 1.807) is 24.5 Å². The van der Waals surface area contributed by atoms with Crippen LogP contribution in [0.25, 0.3) is 0 Å². The molecule has 108 valence electrons. The number of nitrogens with one attached hydrogen (secondary N) is 1. The molecule has 2 aromatic rings. The van der Waals surface area contributed by atoms with Crippen LogP contribution in [0.2, 0.25) is 0 Å². The zero-order valence-corrected chi connectivity index (χ0v) is 11.2. The quantitative estimate of drug-likeness (QED) is 0.888. The van der Waals surface area contributed by atoms with Gasteiger partial charge in [-0.3, -0.25) is 0 Å². The molecule has 0 saturated carbocycles. The number of hydrogen-bond acceptors (Lipinski definition) is 6.